The highest BCUT2D eigenvalue weighted by Crippen LogP contribution is 2.21. The smallest absolute Gasteiger partial charge is 0.220 e. The Morgan fingerprint density at radius 2 is 2.12 bits per heavy atom. The van der Waals surface area contributed by atoms with Crippen LogP contribution < -0.4 is 11.1 Å². The van der Waals surface area contributed by atoms with Crippen LogP contribution in [0.3, 0.4) is 0 Å². The van der Waals surface area contributed by atoms with Gasteiger partial charge in [0.15, 0.2) is 0 Å². The number of rotatable bonds is 5. The van der Waals surface area contributed by atoms with Crippen LogP contribution in [-0.2, 0) is 4.79 Å². The van der Waals surface area contributed by atoms with Crippen molar-refractivity contribution in [3.63, 3.8) is 0 Å². The number of carbonyl (C=O) groups is 1. The molecule has 96 valence electrons. The lowest BCUT2D eigenvalue weighted by atomic mass is 10.0. The van der Waals surface area contributed by atoms with Crippen molar-refractivity contribution < 1.29 is 9.32 Å². The van der Waals surface area contributed by atoms with E-state index in [2.05, 4.69) is 10.5 Å². The molecular formula is C12H21N3O2. The minimum atomic E-state index is -0.0845. The van der Waals surface area contributed by atoms with E-state index in [0.717, 1.165) is 17.0 Å². The van der Waals surface area contributed by atoms with Gasteiger partial charge in [-0.05, 0) is 33.2 Å². The third-order valence-corrected chi connectivity index (χ3v) is 2.84. The van der Waals surface area contributed by atoms with Crippen LogP contribution in [0.15, 0.2) is 4.52 Å². The average molecular weight is 239 g/mol. The number of hydrogen-bond acceptors (Lipinski definition) is 4. The summed E-state index contributed by atoms with van der Waals surface area (Å²) in [6, 6.07) is -0.0845. The molecule has 5 nitrogen and oxygen atoms in total. The molecule has 3 N–H and O–H groups in total. The molecule has 0 aromatic carbocycles. The molecule has 1 heterocycles. The zero-order valence-electron chi connectivity index (χ0n) is 10.9. The van der Waals surface area contributed by atoms with E-state index in [1.54, 1.807) is 0 Å². The summed E-state index contributed by atoms with van der Waals surface area (Å²) in [4.78, 5) is 11.7. The quantitative estimate of drug-likeness (QED) is 0.815. The minimum absolute atomic E-state index is 0.00968. The van der Waals surface area contributed by atoms with Crippen molar-refractivity contribution in [2.45, 2.75) is 40.2 Å². The molecule has 17 heavy (non-hydrogen) atoms. The Balaban J connectivity index is 2.61. The fraction of sp³-hybridized carbons (Fsp3) is 0.667. The molecule has 0 radical (unpaired) electrons. The number of nitrogens with zero attached hydrogens (tertiary/aromatic N) is 1. The molecule has 0 saturated carbocycles. The van der Waals surface area contributed by atoms with Gasteiger partial charge in [0.05, 0.1) is 11.7 Å². The highest BCUT2D eigenvalue weighted by Gasteiger charge is 2.18. The van der Waals surface area contributed by atoms with Crippen molar-refractivity contribution in [3.05, 3.63) is 17.0 Å². The second kappa shape index (κ2) is 5.82. The first-order chi connectivity index (χ1) is 7.95. The fourth-order valence-electron chi connectivity index (χ4n) is 1.88. The summed E-state index contributed by atoms with van der Waals surface area (Å²) >= 11 is 0. The maximum Gasteiger partial charge on any atom is 0.220 e. The number of aryl methyl sites for hydroxylation is 2. The lowest BCUT2D eigenvalue weighted by Gasteiger charge is -2.15. The van der Waals surface area contributed by atoms with Gasteiger partial charge in [-0.3, -0.25) is 4.79 Å². The number of carbonyl (C=O) groups excluding carboxylic acids is 1. The van der Waals surface area contributed by atoms with Gasteiger partial charge in [0.2, 0.25) is 5.91 Å². The number of hydrogen-bond donors (Lipinski definition) is 2. The van der Waals surface area contributed by atoms with Crippen molar-refractivity contribution >= 4 is 5.91 Å². The van der Waals surface area contributed by atoms with E-state index >= 15 is 0 Å². The molecular weight excluding hydrogens is 218 g/mol. The Morgan fingerprint density at radius 1 is 1.47 bits per heavy atom. The fourth-order valence-corrected chi connectivity index (χ4v) is 1.88. The lowest BCUT2D eigenvalue weighted by molar-refractivity contribution is -0.122. The van der Waals surface area contributed by atoms with Crippen LogP contribution in [0.4, 0.5) is 0 Å². The average Bonchev–Trinajstić information content (AvgIpc) is 2.57. The molecule has 1 aromatic rings. The van der Waals surface area contributed by atoms with Crippen LogP contribution in [0.25, 0.3) is 0 Å². The summed E-state index contributed by atoms with van der Waals surface area (Å²) in [6.45, 7) is 8.13. The summed E-state index contributed by atoms with van der Waals surface area (Å²) in [5, 5.41) is 6.81. The molecule has 0 aliphatic heterocycles. The Kier molecular flexibility index (Phi) is 4.69. The summed E-state index contributed by atoms with van der Waals surface area (Å²) in [5.41, 5.74) is 7.27. The zero-order chi connectivity index (χ0) is 13.0. The maximum atomic E-state index is 11.7. The van der Waals surface area contributed by atoms with Crippen LogP contribution in [0, 0.1) is 19.8 Å². The SMILES string of the molecule is Cc1noc(C)c1C(C)NC(=O)CC(C)CN. The van der Waals surface area contributed by atoms with Gasteiger partial charge in [0.25, 0.3) is 0 Å². The zero-order valence-corrected chi connectivity index (χ0v) is 10.9. The van der Waals surface area contributed by atoms with E-state index in [0.29, 0.717) is 13.0 Å². The Labute approximate surface area is 102 Å². The van der Waals surface area contributed by atoms with Gasteiger partial charge < -0.3 is 15.6 Å². The molecule has 2 atom stereocenters. The van der Waals surface area contributed by atoms with E-state index in [4.69, 9.17) is 10.3 Å². The van der Waals surface area contributed by atoms with Crippen LogP contribution in [0.1, 0.15) is 43.3 Å². The molecule has 5 heteroatoms. The second-order valence-corrected chi connectivity index (χ2v) is 4.57. The predicted molar refractivity (Wildman–Crippen MR) is 65.4 cm³/mol. The number of nitrogens with one attached hydrogen (secondary N) is 1. The molecule has 2 unspecified atom stereocenters. The minimum Gasteiger partial charge on any atom is -0.361 e. The van der Waals surface area contributed by atoms with Crippen molar-refractivity contribution in [2.24, 2.45) is 11.7 Å². The van der Waals surface area contributed by atoms with Crippen LogP contribution in [0.5, 0.6) is 0 Å². The highest BCUT2D eigenvalue weighted by molar-refractivity contribution is 5.76. The second-order valence-electron chi connectivity index (χ2n) is 4.57. The first-order valence-corrected chi connectivity index (χ1v) is 5.87. The standard InChI is InChI=1S/C12H21N3O2/c1-7(6-13)5-11(16)14-8(2)12-9(3)15-17-10(12)4/h7-8H,5-6,13H2,1-4H3,(H,14,16). The molecule has 0 aliphatic carbocycles. The van der Waals surface area contributed by atoms with Crippen molar-refractivity contribution in [3.8, 4) is 0 Å². The summed E-state index contributed by atoms with van der Waals surface area (Å²) in [5.74, 6) is 0.962. The molecule has 0 spiro atoms. The van der Waals surface area contributed by atoms with E-state index in [1.165, 1.54) is 0 Å². The van der Waals surface area contributed by atoms with Crippen LogP contribution in [-0.4, -0.2) is 17.6 Å². The van der Waals surface area contributed by atoms with Gasteiger partial charge in [-0.2, -0.15) is 0 Å². The molecule has 0 saturated heterocycles. The van der Waals surface area contributed by atoms with Crippen molar-refractivity contribution in [2.75, 3.05) is 6.54 Å². The third kappa shape index (κ3) is 3.56. The number of nitrogens with two attached hydrogens (primary N) is 1. The van der Waals surface area contributed by atoms with Gasteiger partial charge in [-0.25, -0.2) is 0 Å². The van der Waals surface area contributed by atoms with E-state index in [-0.39, 0.29) is 17.9 Å². The summed E-state index contributed by atoms with van der Waals surface area (Å²) in [7, 11) is 0. The van der Waals surface area contributed by atoms with Gasteiger partial charge >= 0.3 is 0 Å². The molecule has 1 amide bonds. The molecule has 0 bridgehead atoms. The van der Waals surface area contributed by atoms with Gasteiger partial charge in [0.1, 0.15) is 5.76 Å². The van der Waals surface area contributed by atoms with Crippen molar-refractivity contribution in [1.29, 1.82) is 0 Å². The summed E-state index contributed by atoms with van der Waals surface area (Å²) < 4.78 is 5.08. The monoisotopic (exact) mass is 239 g/mol. The number of aromatic nitrogens is 1. The highest BCUT2D eigenvalue weighted by atomic mass is 16.5. The van der Waals surface area contributed by atoms with Gasteiger partial charge in [0, 0.05) is 12.0 Å². The van der Waals surface area contributed by atoms with E-state index in [9.17, 15) is 4.79 Å². The number of amides is 1. The van der Waals surface area contributed by atoms with E-state index in [1.807, 2.05) is 27.7 Å². The topological polar surface area (TPSA) is 81.2 Å². The normalized spacial score (nSPS) is 14.4. The first-order valence-electron chi connectivity index (χ1n) is 5.87. The summed E-state index contributed by atoms with van der Waals surface area (Å²) in [6.07, 6.45) is 0.449. The lowest BCUT2D eigenvalue weighted by Crippen LogP contribution is -2.29. The van der Waals surface area contributed by atoms with Crippen LogP contribution in [0.2, 0.25) is 0 Å². The Morgan fingerprint density at radius 3 is 2.59 bits per heavy atom. The molecule has 1 rings (SSSR count). The van der Waals surface area contributed by atoms with Crippen molar-refractivity contribution in [1.82, 2.24) is 10.5 Å². The Bertz CT molecular complexity index is 368. The predicted octanol–water partition coefficient (Wildman–Crippen LogP) is 1.45. The van der Waals surface area contributed by atoms with Gasteiger partial charge in [-0.1, -0.05) is 12.1 Å². The van der Waals surface area contributed by atoms with Crippen LogP contribution >= 0.6 is 0 Å². The third-order valence-electron chi connectivity index (χ3n) is 2.84. The van der Waals surface area contributed by atoms with E-state index < -0.39 is 0 Å². The first kappa shape index (κ1) is 13.7. The molecule has 1 aromatic heterocycles. The molecule has 0 aliphatic rings. The largest absolute Gasteiger partial charge is 0.361 e. The Hall–Kier alpha value is -1.36. The maximum absolute atomic E-state index is 11.7. The van der Waals surface area contributed by atoms with Gasteiger partial charge in [-0.15, -0.1) is 0 Å². The molecule has 0 fully saturated rings.